The third-order valence-electron chi connectivity index (χ3n) is 3.25. The Kier molecular flexibility index (Phi) is 2.85. The molecule has 1 atom stereocenters. The fourth-order valence-electron chi connectivity index (χ4n) is 2.25. The predicted molar refractivity (Wildman–Crippen MR) is 83.6 cm³/mol. The van der Waals surface area contributed by atoms with Crippen LogP contribution in [0.3, 0.4) is 0 Å². The number of ketones is 1. The standard InChI is InChI=1S/C16H21NO3.ClH/c1-2-5-13(17-8-3-4-9-17)16(18)12-6-7-14-15(10-12)20-11-19-14;/h6-7,10,13H,2-5,8-9,11H2,1H3;1H/i3D2,4D2,8D2,9D2;. The first-order valence-corrected chi connectivity index (χ1v) is 6.54. The summed E-state index contributed by atoms with van der Waals surface area (Å²) in [6.45, 7) is -4.37. The summed E-state index contributed by atoms with van der Waals surface area (Å²) in [5.74, 6) is 0.142. The Morgan fingerprint density at radius 1 is 1.33 bits per heavy atom. The molecule has 0 spiro atoms. The molecule has 5 heteroatoms. The molecule has 0 aliphatic carbocycles. The van der Waals surface area contributed by atoms with Gasteiger partial charge in [-0.15, -0.1) is 12.4 Å². The summed E-state index contributed by atoms with van der Waals surface area (Å²) in [6.07, 6.45) is -5.94. The van der Waals surface area contributed by atoms with E-state index in [0.717, 1.165) is 0 Å². The fourth-order valence-corrected chi connectivity index (χ4v) is 2.25. The average Bonchev–Trinajstić information content (AvgIpc) is 3.09. The number of halogens is 1. The van der Waals surface area contributed by atoms with Crippen molar-refractivity contribution in [2.45, 2.75) is 38.6 Å². The van der Waals surface area contributed by atoms with E-state index in [9.17, 15) is 4.79 Å². The Morgan fingerprint density at radius 2 is 2.05 bits per heavy atom. The van der Waals surface area contributed by atoms with E-state index in [1.54, 1.807) is 6.92 Å². The molecule has 2 aliphatic rings. The Bertz CT molecular complexity index is 778. The third kappa shape index (κ3) is 3.33. The number of Topliss-reactive ketones (excluding diaryl/α,β-unsaturated/α-hetero) is 1. The lowest BCUT2D eigenvalue weighted by Gasteiger charge is -2.26. The second-order valence-corrected chi connectivity index (χ2v) is 4.58. The molecule has 0 radical (unpaired) electrons. The third-order valence-corrected chi connectivity index (χ3v) is 3.25. The number of nitrogens with zero attached hydrogens (tertiary/aromatic N) is 1. The van der Waals surface area contributed by atoms with E-state index in [1.807, 2.05) is 0 Å². The van der Waals surface area contributed by atoms with Gasteiger partial charge in [-0.1, -0.05) is 13.3 Å². The summed E-state index contributed by atoms with van der Waals surface area (Å²) in [7, 11) is 0. The van der Waals surface area contributed by atoms with Gasteiger partial charge in [0.2, 0.25) is 6.79 Å². The van der Waals surface area contributed by atoms with Gasteiger partial charge in [0.1, 0.15) is 0 Å². The van der Waals surface area contributed by atoms with E-state index >= 15 is 0 Å². The minimum atomic E-state index is -3.18. The number of benzene rings is 1. The highest BCUT2D eigenvalue weighted by Gasteiger charge is 2.29. The lowest BCUT2D eigenvalue weighted by molar-refractivity contribution is 0.0836. The Hall–Kier alpha value is -1.26. The van der Waals surface area contributed by atoms with Crippen LogP contribution in [0, 0.1) is 0 Å². The summed E-state index contributed by atoms with van der Waals surface area (Å²) in [6, 6.07) is 2.98. The molecule has 0 N–H and O–H groups in total. The zero-order chi connectivity index (χ0) is 21.1. The highest BCUT2D eigenvalue weighted by atomic mass is 35.5. The first-order valence-electron chi connectivity index (χ1n) is 10.5. The molecule has 0 saturated carbocycles. The van der Waals surface area contributed by atoms with Gasteiger partial charge < -0.3 is 9.47 Å². The summed E-state index contributed by atoms with van der Waals surface area (Å²) < 4.78 is 74.9. The molecule has 2 heterocycles. The highest BCUT2D eigenvalue weighted by molar-refractivity contribution is 6.00. The van der Waals surface area contributed by atoms with Crippen molar-refractivity contribution in [3.05, 3.63) is 23.8 Å². The molecule has 116 valence electrons. The van der Waals surface area contributed by atoms with Crippen molar-refractivity contribution in [2.75, 3.05) is 19.8 Å². The normalized spacial score (nSPS) is 33.6. The van der Waals surface area contributed by atoms with Gasteiger partial charge in [-0.2, -0.15) is 0 Å². The lowest BCUT2D eigenvalue weighted by Crippen LogP contribution is -2.39. The molecule has 0 aromatic heterocycles. The number of fused-ring (bicyclic) bond motifs is 1. The van der Waals surface area contributed by atoms with E-state index in [0.29, 0.717) is 22.8 Å². The van der Waals surface area contributed by atoms with Crippen molar-refractivity contribution in [1.82, 2.24) is 4.90 Å². The Morgan fingerprint density at radius 3 is 2.76 bits per heavy atom. The van der Waals surface area contributed by atoms with Crippen molar-refractivity contribution >= 4 is 18.2 Å². The molecule has 2 aliphatic heterocycles. The van der Waals surface area contributed by atoms with Crippen LogP contribution in [0.15, 0.2) is 18.2 Å². The number of likely N-dealkylation sites (tertiary alicyclic amines) is 1. The zero-order valence-electron chi connectivity index (χ0n) is 19.5. The SMILES string of the molecule is Cl.[2H]C1([2H])N(C(CCC)C(=O)c2ccc3c(c2)OCO3)C([2H])([2H])C([2H])([2H])C1([2H])[2H]. The summed E-state index contributed by atoms with van der Waals surface area (Å²) >= 11 is 0. The molecule has 21 heavy (non-hydrogen) atoms. The fraction of sp³-hybridized carbons (Fsp3) is 0.562. The Labute approximate surface area is 143 Å². The van der Waals surface area contributed by atoms with Gasteiger partial charge in [0.15, 0.2) is 17.3 Å². The van der Waals surface area contributed by atoms with Gasteiger partial charge in [-0.25, -0.2) is 0 Å². The van der Waals surface area contributed by atoms with Crippen LogP contribution in [0.4, 0.5) is 0 Å². The van der Waals surface area contributed by atoms with Crippen LogP contribution in [0.1, 0.15) is 53.8 Å². The molecule has 4 nitrogen and oxygen atoms in total. The average molecular weight is 320 g/mol. The van der Waals surface area contributed by atoms with Gasteiger partial charge in [0.05, 0.1) is 6.04 Å². The van der Waals surface area contributed by atoms with Crippen LogP contribution in [0.5, 0.6) is 11.5 Å². The van der Waals surface area contributed by atoms with Crippen LogP contribution in [-0.4, -0.2) is 36.5 Å². The van der Waals surface area contributed by atoms with E-state index < -0.39 is 37.6 Å². The van der Waals surface area contributed by atoms with Crippen molar-refractivity contribution in [1.29, 1.82) is 0 Å². The van der Waals surface area contributed by atoms with Crippen molar-refractivity contribution in [2.24, 2.45) is 0 Å². The molecule has 1 fully saturated rings. The minimum Gasteiger partial charge on any atom is -0.454 e. The van der Waals surface area contributed by atoms with Gasteiger partial charge in [-0.05, 0) is 50.4 Å². The Balaban J connectivity index is 0.00000300. The van der Waals surface area contributed by atoms with Crippen LogP contribution in [0.25, 0.3) is 0 Å². The molecule has 1 unspecified atom stereocenters. The zero-order valence-corrected chi connectivity index (χ0v) is 12.3. The van der Waals surface area contributed by atoms with Crippen molar-refractivity contribution in [3.8, 4) is 11.5 Å². The van der Waals surface area contributed by atoms with Crippen LogP contribution < -0.4 is 9.47 Å². The van der Waals surface area contributed by atoms with Crippen LogP contribution >= 0.6 is 12.4 Å². The molecule has 1 saturated heterocycles. The maximum Gasteiger partial charge on any atom is 0.231 e. The second kappa shape index (κ2) is 7.14. The largest absolute Gasteiger partial charge is 0.454 e. The van der Waals surface area contributed by atoms with E-state index in [2.05, 4.69) is 0 Å². The molecule has 3 rings (SSSR count). The monoisotopic (exact) mass is 319 g/mol. The molecule has 1 aromatic carbocycles. The summed E-state index contributed by atoms with van der Waals surface area (Å²) in [4.78, 5) is 13.6. The van der Waals surface area contributed by atoms with E-state index in [1.165, 1.54) is 18.2 Å². The van der Waals surface area contributed by atoms with Crippen molar-refractivity contribution < 1.29 is 25.2 Å². The number of carbonyl (C=O) groups is 1. The number of carbonyl (C=O) groups excluding carboxylic acids is 1. The highest BCUT2D eigenvalue weighted by Crippen LogP contribution is 2.33. The minimum absolute atomic E-state index is 0. The first-order chi connectivity index (χ1) is 12.8. The van der Waals surface area contributed by atoms with Gasteiger partial charge in [-0.3, -0.25) is 9.69 Å². The second-order valence-electron chi connectivity index (χ2n) is 4.58. The molecule has 0 amide bonds. The number of hydrogen-bond acceptors (Lipinski definition) is 4. The van der Waals surface area contributed by atoms with Gasteiger partial charge in [0, 0.05) is 16.5 Å². The van der Waals surface area contributed by atoms with E-state index in [4.69, 9.17) is 20.4 Å². The number of ether oxygens (including phenoxy) is 2. The van der Waals surface area contributed by atoms with Crippen molar-refractivity contribution in [3.63, 3.8) is 0 Å². The van der Waals surface area contributed by atoms with Gasteiger partial charge in [0.25, 0.3) is 0 Å². The maximum atomic E-state index is 13.2. The topological polar surface area (TPSA) is 38.8 Å². The predicted octanol–water partition coefficient (Wildman–Crippen LogP) is 3.28. The van der Waals surface area contributed by atoms with Crippen LogP contribution in [-0.2, 0) is 0 Å². The molecular weight excluding hydrogens is 290 g/mol. The number of rotatable bonds is 5. The first kappa shape index (κ1) is 8.39. The molecule has 0 bridgehead atoms. The number of hydrogen-bond donors (Lipinski definition) is 0. The maximum absolute atomic E-state index is 13.2. The van der Waals surface area contributed by atoms with Crippen LogP contribution in [0.2, 0.25) is 0 Å². The smallest absolute Gasteiger partial charge is 0.231 e. The summed E-state index contributed by atoms with van der Waals surface area (Å²) in [5, 5.41) is 0. The molecule has 1 aromatic rings. The van der Waals surface area contributed by atoms with E-state index in [-0.39, 0.29) is 31.2 Å². The lowest BCUT2D eigenvalue weighted by atomic mass is 9.99. The van der Waals surface area contributed by atoms with Gasteiger partial charge >= 0.3 is 0 Å². The summed E-state index contributed by atoms with van der Waals surface area (Å²) in [5.41, 5.74) is 0.127. The quantitative estimate of drug-likeness (QED) is 0.781. The molecular formula is C16H22ClNO3.